The molecule has 5 nitrogen and oxygen atoms in total. The van der Waals surface area contributed by atoms with E-state index in [1.165, 1.54) is 12.8 Å². The molecule has 4 aliphatic rings. The second-order valence-corrected chi connectivity index (χ2v) is 8.89. The summed E-state index contributed by atoms with van der Waals surface area (Å²) in [6.45, 7) is 3.96. The van der Waals surface area contributed by atoms with Crippen molar-refractivity contribution in [3.63, 3.8) is 0 Å². The van der Waals surface area contributed by atoms with Crippen LogP contribution in [0.5, 0.6) is 0 Å². The molecule has 1 unspecified atom stereocenters. The molecule has 1 N–H and O–H groups in total. The van der Waals surface area contributed by atoms with Gasteiger partial charge in [-0.2, -0.15) is 0 Å². The number of hydrogen-bond donors (Lipinski definition) is 1. The number of fused-ring (bicyclic) bond motifs is 1. The van der Waals surface area contributed by atoms with Crippen molar-refractivity contribution < 1.29 is 9.59 Å². The molecule has 0 aromatic rings. The van der Waals surface area contributed by atoms with Gasteiger partial charge in [-0.15, -0.1) is 24.2 Å². The Kier molecular flexibility index (Phi) is 6.55. The van der Waals surface area contributed by atoms with Crippen LogP contribution in [-0.2, 0) is 9.59 Å². The quantitative estimate of drug-likeness (QED) is 0.786. The van der Waals surface area contributed by atoms with Crippen molar-refractivity contribution >= 4 is 36.0 Å². The molecular weight excluding hydrogens is 358 g/mol. The van der Waals surface area contributed by atoms with Gasteiger partial charge < -0.3 is 15.1 Å². The number of likely N-dealkylation sites (tertiary alicyclic amines) is 1. The molecule has 3 atom stereocenters. The molecule has 7 heteroatoms. The summed E-state index contributed by atoms with van der Waals surface area (Å²) in [5, 5.41) is 3.48. The van der Waals surface area contributed by atoms with E-state index in [-0.39, 0.29) is 36.2 Å². The Bertz CT molecular complexity index is 487. The number of thioether (sulfide) groups is 1. The van der Waals surface area contributed by atoms with Crippen molar-refractivity contribution in [1.29, 1.82) is 0 Å². The fourth-order valence-electron chi connectivity index (χ4n) is 4.92. The Labute approximate surface area is 161 Å². The van der Waals surface area contributed by atoms with E-state index in [2.05, 4.69) is 10.2 Å². The van der Waals surface area contributed by atoms with Crippen LogP contribution in [0.15, 0.2) is 0 Å². The zero-order chi connectivity index (χ0) is 16.5. The first kappa shape index (κ1) is 19.3. The van der Waals surface area contributed by atoms with E-state index in [9.17, 15) is 9.59 Å². The average Bonchev–Trinajstić information content (AvgIpc) is 3.34. The van der Waals surface area contributed by atoms with Gasteiger partial charge >= 0.3 is 0 Å². The van der Waals surface area contributed by atoms with Gasteiger partial charge in [0.15, 0.2) is 0 Å². The second-order valence-electron chi connectivity index (χ2n) is 7.89. The van der Waals surface area contributed by atoms with Crippen molar-refractivity contribution in [1.82, 2.24) is 15.1 Å². The number of carbonyl (C=O) groups is 2. The van der Waals surface area contributed by atoms with Crippen LogP contribution >= 0.6 is 24.2 Å². The summed E-state index contributed by atoms with van der Waals surface area (Å²) in [4.78, 5) is 29.9. The molecule has 0 bridgehead atoms. The number of rotatable bonds is 2. The lowest BCUT2D eigenvalue weighted by molar-refractivity contribution is -0.145. The molecule has 3 aliphatic heterocycles. The first-order chi connectivity index (χ1) is 11.7. The van der Waals surface area contributed by atoms with Gasteiger partial charge in [-0.25, -0.2) is 0 Å². The van der Waals surface area contributed by atoms with E-state index in [1.807, 2.05) is 4.90 Å². The first-order valence-corrected chi connectivity index (χ1v) is 10.8. The van der Waals surface area contributed by atoms with E-state index in [0.717, 1.165) is 69.5 Å². The summed E-state index contributed by atoms with van der Waals surface area (Å²) in [6.07, 6.45) is 6.58. The minimum absolute atomic E-state index is 0. The van der Waals surface area contributed by atoms with Crippen LogP contribution in [0.1, 0.15) is 38.5 Å². The third-order valence-electron chi connectivity index (χ3n) is 6.49. The lowest BCUT2D eigenvalue weighted by Crippen LogP contribution is -2.50. The smallest absolute Gasteiger partial charge is 0.246 e. The van der Waals surface area contributed by atoms with Crippen LogP contribution in [-0.4, -0.2) is 65.5 Å². The first-order valence-electron chi connectivity index (χ1n) is 9.62. The molecule has 0 aromatic carbocycles. The molecule has 1 saturated carbocycles. The van der Waals surface area contributed by atoms with Crippen molar-refractivity contribution in [2.24, 2.45) is 17.8 Å². The third kappa shape index (κ3) is 3.96. The van der Waals surface area contributed by atoms with Gasteiger partial charge in [0.1, 0.15) is 6.04 Å². The van der Waals surface area contributed by atoms with Crippen LogP contribution < -0.4 is 5.32 Å². The van der Waals surface area contributed by atoms with Gasteiger partial charge in [0.05, 0.1) is 5.88 Å². The minimum Gasteiger partial charge on any atom is -0.341 e. The standard InChI is InChI=1S/C18H29N3O2S.ClH/c22-17(13-3-1-2-4-13)21-12-24-11-16(21)18(23)20-7-5-14-9-19-10-15(14)6-8-20;/h13-16,19H,1-12H2;1H/t14-,15+,16?;. The summed E-state index contributed by atoms with van der Waals surface area (Å²) in [7, 11) is 0. The zero-order valence-corrected chi connectivity index (χ0v) is 16.5. The highest BCUT2D eigenvalue weighted by atomic mass is 35.5. The maximum Gasteiger partial charge on any atom is 0.246 e. The number of nitrogens with zero attached hydrogens (tertiary/aromatic N) is 2. The second kappa shape index (κ2) is 8.49. The molecule has 0 aromatic heterocycles. The Balaban J connectivity index is 0.00000182. The lowest BCUT2D eigenvalue weighted by Gasteiger charge is -2.30. The van der Waals surface area contributed by atoms with E-state index >= 15 is 0 Å². The Morgan fingerprint density at radius 1 is 0.920 bits per heavy atom. The maximum atomic E-state index is 13.1. The summed E-state index contributed by atoms with van der Waals surface area (Å²) < 4.78 is 0. The minimum atomic E-state index is -0.209. The Hall–Kier alpha value is -0.460. The van der Waals surface area contributed by atoms with Crippen molar-refractivity contribution in [2.75, 3.05) is 37.8 Å². The molecule has 0 spiro atoms. The van der Waals surface area contributed by atoms with Crippen LogP contribution in [0.25, 0.3) is 0 Å². The molecule has 142 valence electrons. The van der Waals surface area contributed by atoms with Crippen molar-refractivity contribution in [2.45, 2.75) is 44.6 Å². The van der Waals surface area contributed by atoms with Gasteiger partial charge in [0.25, 0.3) is 0 Å². The van der Waals surface area contributed by atoms with Crippen LogP contribution in [0.4, 0.5) is 0 Å². The normalized spacial score (nSPS) is 33.0. The molecule has 3 heterocycles. The van der Waals surface area contributed by atoms with E-state index in [1.54, 1.807) is 11.8 Å². The Morgan fingerprint density at radius 3 is 2.20 bits per heavy atom. The predicted octanol–water partition coefficient (Wildman–Crippen LogP) is 1.96. The fraction of sp³-hybridized carbons (Fsp3) is 0.889. The zero-order valence-electron chi connectivity index (χ0n) is 14.8. The van der Waals surface area contributed by atoms with E-state index in [0.29, 0.717) is 5.88 Å². The maximum absolute atomic E-state index is 13.1. The van der Waals surface area contributed by atoms with Crippen LogP contribution in [0.3, 0.4) is 0 Å². The number of nitrogens with one attached hydrogen (secondary N) is 1. The fourth-order valence-corrected chi connectivity index (χ4v) is 6.08. The lowest BCUT2D eigenvalue weighted by atomic mass is 9.92. The summed E-state index contributed by atoms with van der Waals surface area (Å²) in [5.41, 5.74) is 0. The molecule has 4 fully saturated rings. The van der Waals surface area contributed by atoms with E-state index < -0.39 is 0 Å². The van der Waals surface area contributed by atoms with E-state index in [4.69, 9.17) is 0 Å². The SMILES string of the molecule is Cl.O=C(C1CSCN1C(=O)C1CCCC1)N1CC[C@@H]2CNC[C@@H]2CC1. The number of amides is 2. The average molecular weight is 388 g/mol. The summed E-state index contributed by atoms with van der Waals surface area (Å²) in [6, 6.07) is -0.209. The molecule has 3 saturated heterocycles. The monoisotopic (exact) mass is 387 g/mol. The van der Waals surface area contributed by atoms with Gasteiger partial charge in [0, 0.05) is 24.8 Å². The highest BCUT2D eigenvalue weighted by Gasteiger charge is 2.41. The molecular formula is C18H30ClN3O2S. The van der Waals surface area contributed by atoms with Gasteiger partial charge in [-0.1, -0.05) is 12.8 Å². The van der Waals surface area contributed by atoms with Gasteiger partial charge in [-0.3, -0.25) is 9.59 Å². The topological polar surface area (TPSA) is 52.7 Å². The number of carbonyl (C=O) groups excluding carboxylic acids is 2. The highest BCUT2D eigenvalue weighted by Crippen LogP contribution is 2.32. The molecule has 4 rings (SSSR count). The van der Waals surface area contributed by atoms with Crippen molar-refractivity contribution in [3.05, 3.63) is 0 Å². The highest BCUT2D eigenvalue weighted by molar-refractivity contribution is 7.99. The third-order valence-corrected chi connectivity index (χ3v) is 7.50. The van der Waals surface area contributed by atoms with Crippen LogP contribution in [0.2, 0.25) is 0 Å². The predicted molar refractivity (Wildman–Crippen MR) is 103 cm³/mol. The molecule has 25 heavy (non-hydrogen) atoms. The molecule has 2 amide bonds. The summed E-state index contributed by atoms with van der Waals surface area (Å²) in [5.74, 6) is 3.57. The molecule has 0 radical (unpaired) electrons. The largest absolute Gasteiger partial charge is 0.341 e. The van der Waals surface area contributed by atoms with Crippen molar-refractivity contribution in [3.8, 4) is 0 Å². The number of hydrogen-bond acceptors (Lipinski definition) is 4. The van der Waals surface area contributed by atoms with Gasteiger partial charge in [-0.05, 0) is 50.6 Å². The molecule has 1 aliphatic carbocycles. The van der Waals surface area contributed by atoms with Gasteiger partial charge in [0.2, 0.25) is 11.8 Å². The van der Waals surface area contributed by atoms with Crippen LogP contribution in [0, 0.1) is 17.8 Å². The summed E-state index contributed by atoms with van der Waals surface area (Å²) >= 11 is 1.74. The number of halogens is 1. The Morgan fingerprint density at radius 2 is 1.56 bits per heavy atom.